The zero-order valence-corrected chi connectivity index (χ0v) is 11.8. The van der Waals surface area contributed by atoms with E-state index < -0.39 is 0 Å². The van der Waals surface area contributed by atoms with Crippen molar-refractivity contribution in [2.45, 2.75) is 26.3 Å². The van der Waals surface area contributed by atoms with Crippen molar-refractivity contribution in [3.63, 3.8) is 0 Å². The van der Waals surface area contributed by atoms with Crippen LogP contribution in [0.25, 0.3) is 11.3 Å². The molecule has 0 radical (unpaired) electrons. The third kappa shape index (κ3) is 3.87. The van der Waals surface area contributed by atoms with E-state index in [0.717, 1.165) is 22.0 Å². The van der Waals surface area contributed by atoms with Crippen LogP contribution >= 0.6 is 11.3 Å². The zero-order chi connectivity index (χ0) is 13.8. The van der Waals surface area contributed by atoms with Crippen LogP contribution in [0.2, 0.25) is 0 Å². The molecule has 4 nitrogen and oxygen atoms in total. The molecule has 19 heavy (non-hydrogen) atoms. The van der Waals surface area contributed by atoms with Gasteiger partial charge in [-0.2, -0.15) is 0 Å². The van der Waals surface area contributed by atoms with Gasteiger partial charge in [-0.15, -0.1) is 11.3 Å². The largest absolute Gasteiger partial charge is 0.327 e. The number of carbonyl (C=O) groups is 1. The first kappa shape index (κ1) is 13.7. The number of nitrogens with zero attached hydrogens (tertiary/aromatic N) is 1. The first-order chi connectivity index (χ1) is 9.04. The van der Waals surface area contributed by atoms with E-state index in [4.69, 9.17) is 5.73 Å². The number of aryl methyl sites for hydroxylation is 1. The van der Waals surface area contributed by atoms with Crippen LogP contribution in [-0.2, 0) is 4.79 Å². The Morgan fingerprint density at radius 1 is 1.53 bits per heavy atom. The molecule has 0 spiro atoms. The highest BCUT2D eigenvalue weighted by Gasteiger charge is 2.07. The Hall–Kier alpha value is -1.72. The van der Waals surface area contributed by atoms with Crippen molar-refractivity contribution in [2.24, 2.45) is 5.73 Å². The lowest BCUT2D eigenvalue weighted by molar-refractivity contribution is -0.116. The number of rotatable bonds is 4. The van der Waals surface area contributed by atoms with E-state index in [1.165, 1.54) is 0 Å². The summed E-state index contributed by atoms with van der Waals surface area (Å²) in [7, 11) is 0. The van der Waals surface area contributed by atoms with Gasteiger partial charge in [0.15, 0.2) is 0 Å². The number of thiazole rings is 1. The molecule has 0 saturated carbocycles. The van der Waals surface area contributed by atoms with Crippen LogP contribution in [0.4, 0.5) is 5.69 Å². The summed E-state index contributed by atoms with van der Waals surface area (Å²) in [6, 6.07) is 7.54. The van der Waals surface area contributed by atoms with Gasteiger partial charge in [0.1, 0.15) is 0 Å². The number of nitrogens with one attached hydrogen (secondary N) is 1. The van der Waals surface area contributed by atoms with Crippen LogP contribution in [0.15, 0.2) is 29.6 Å². The van der Waals surface area contributed by atoms with Gasteiger partial charge in [-0.25, -0.2) is 4.98 Å². The van der Waals surface area contributed by atoms with Crippen LogP contribution in [-0.4, -0.2) is 16.9 Å². The van der Waals surface area contributed by atoms with Crippen molar-refractivity contribution >= 4 is 22.9 Å². The van der Waals surface area contributed by atoms with Crippen molar-refractivity contribution < 1.29 is 4.79 Å². The molecular formula is C14H17N3OS. The second kappa shape index (κ2) is 5.95. The predicted octanol–water partition coefficient (Wildman–Crippen LogP) is 2.79. The van der Waals surface area contributed by atoms with Crippen LogP contribution in [0.1, 0.15) is 18.4 Å². The van der Waals surface area contributed by atoms with Gasteiger partial charge in [0.05, 0.1) is 10.7 Å². The van der Waals surface area contributed by atoms with Crippen LogP contribution in [0.5, 0.6) is 0 Å². The highest BCUT2D eigenvalue weighted by Crippen LogP contribution is 2.24. The summed E-state index contributed by atoms with van der Waals surface area (Å²) in [6.45, 7) is 3.79. The third-order valence-electron chi connectivity index (χ3n) is 2.57. The van der Waals surface area contributed by atoms with E-state index in [1.807, 2.05) is 43.5 Å². The Kier molecular flexibility index (Phi) is 4.29. The first-order valence-electron chi connectivity index (χ1n) is 6.12. The highest BCUT2D eigenvalue weighted by atomic mass is 32.1. The molecule has 0 aliphatic heterocycles. The average molecular weight is 275 g/mol. The average Bonchev–Trinajstić information content (AvgIpc) is 2.75. The molecule has 3 N–H and O–H groups in total. The Morgan fingerprint density at radius 3 is 2.95 bits per heavy atom. The maximum Gasteiger partial charge on any atom is 0.225 e. The fourth-order valence-corrected chi connectivity index (χ4v) is 2.38. The van der Waals surface area contributed by atoms with Gasteiger partial charge in [-0.3, -0.25) is 4.79 Å². The van der Waals surface area contributed by atoms with Gasteiger partial charge >= 0.3 is 0 Å². The summed E-state index contributed by atoms with van der Waals surface area (Å²) in [4.78, 5) is 16.1. The summed E-state index contributed by atoms with van der Waals surface area (Å²) in [5.41, 5.74) is 8.31. The Balaban J connectivity index is 2.13. The maximum atomic E-state index is 11.7. The first-order valence-corrected chi connectivity index (χ1v) is 7.00. The van der Waals surface area contributed by atoms with Crippen LogP contribution < -0.4 is 11.1 Å². The molecule has 1 heterocycles. The molecule has 0 aliphatic rings. The van der Waals surface area contributed by atoms with Gasteiger partial charge in [0, 0.05) is 29.1 Å². The molecule has 2 rings (SSSR count). The molecule has 5 heteroatoms. The minimum absolute atomic E-state index is 0.0680. The molecule has 1 aromatic heterocycles. The van der Waals surface area contributed by atoms with Gasteiger partial charge in [-0.05, 0) is 26.0 Å². The van der Waals surface area contributed by atoms with E-state index in [-0.39, 0.29) is 11.9 Å². The second-order valence-electron chi connectivity index (χ2n) is 4.56. The lowest BCUT2D eigenvalue weighted by Gasteiger charge is -2.08. The minimum atomic E-state index is -0.135. The molecule has 100 valence electrons. The summed E-state index contributed by atoms with van der Waals surface area (Å²) in [5, 5.41) is 5.89. The summed E-state index contributed by atoms with van der Waals surface area (Å²) < 4.78 is 0. The molecule has 0 aliphatic carbocycles. The molecule has 1 unspecified atom stereocenters. The summed E-state index contributed by atoms with van der Waals surface area (Å²) >= 11 is 1.61. The molecular weight excluding hydrogens is 258 g/mol. The quantitative estimate of drug-likeness (QED) is 0.901. The summed E-state index contributed by atoms with van der Waals surface area (Å²) in [6.07, 6.45) is 0.319. The van der Waals surface area contributed by atoms with Crippen LogP contribution in [0, 0.1) is 6.92 Å². The number of benzene rings is 1. The second-order valence-corrected chi connectivity index (χ2v) is 5.62. The van der Waals surface area contributed by atoms with E-state index in [2.05, 4.69) is 10.3 Å². The van der Waals surface area contributed by atoms with Crippen molar-refractivity contribution in [1.82, 2.24) is 4.98 Å². The Labute approximate surface area is 116 Å². The lowest BCUT2D eigenvalue weighted by Crippen LogP contribution is -2.23. The molecule has 0 fully saturated rings. The fourth-order valence-electron chi connectivity index (χ4n) is 1.76. The third-order valence-corrected chi connectivity index (χ3v) is 3.34. The van der Waals surface area contributed by atoms with Gasteiger partial charge in [0.2, 0.25) is 5.91 Å². The van der Waals surface area contributed by atoms with Gasteiger partial charge < -0.3 is 11.1 Å². The number of hydrogen-bond acceptors (Lipinski definition) is 4. The van der Waals surface area contributed by atoms with E-state index >= 15 is 0 Å². The SMILES string of the molecule is Cc1nc(-c2cccc(NC(=O)CC(C)N)c2)cs1. The number of aromatic nitrogens is 1. The number of carbonyl (C=O) groups excluding carboxylic acids is 1. The molecule has 2 aromatic rings. The highest BCUT2D eigenvalue weighted by molar-refractivity contribution is 7.09. The normalized spacial score (nSPS) is 12.2. The smallest absolute Gasteiger partial charge is 0.225 e. The fraction of sp³-hybridized carbons (Fsp3) is 0.286. The number of anilines is 1. The predicted molar refractivity (Wildman–Crippen MR) is 79.2 cm³/mol. The molecule has 1 aromatic carbocycles. The zero-order valence-electron chi connectivity index (χ0n) is 11.0. The molecule has 1 atom stereocenters. The van der Waals surface area contributed by atoms with E-state index in [1.54, 1.807) is 11.3 Å². The lowest BCUT2D eigenvalue weighted by atomic mass is 10.1. The van der Waals surface area contributed by atoms with Crippen molar-refractivity contribution in [3.8, 4) is 11.3 Å². The van der Waals surface area contributed by atoms with Crippen LogP contribution in [0.3, 0.4) is 0 Å². The molecule has 1 amide bonds. The number of nitrogens with two attached hydrogens (primary N) is 1. The topological polar surface area (TPSA) is 68.0 Å². The number of hydrogen-bond donors (Lipinski definition) is 2. The Morgan fingerprint density at radius 2 is 2.32 bits per heavy atom. The standard InChI is InChI=1S/C14H17N3OS/c1-9(15)6-14(18)17-12-5-3-4-11(7-12)13-8-19-10(2)16-13/h3-5,7-9H,6,15H2,1-2H3,(H,17,18). The maximum absolute atomic E-state index is 11.7. The number of amides is 1. The van der Waals surface area contributed by atoms with E-state index in [0.29, 0.717) is 6.42 Å². The van der Waals surface area contributed by atoms with Crippen molar-refractivity contribution in [3.05, 3.63) is 34.7 Å². The van der Waals surface area contributed by atoms with Crippen molar-refractivity contribution in [1.29, 1.82) is 0 Å². The summed E-state index contributed by atoms with van der Waals surface area (Å²) in [5.74, 6) is -0.0680. The molecule has 0 saturated heterocycles. The Bertz CT molecular complexity index is 578. The minimum Gasteiger partial charge on any atom is -0.327 e. The van der Waals surface area contributed by atoms with Crippen molar-refractivity contribution in [2.75, 3.05) is 5.32 Å². The van der Waals surface area contributed by atoms with Gasteiger partial charge in [-0.1, -0.05) is 12.1 Å². The van der Waals surface area contributed by atoms with E-state index in [9.17, 15) is 4.79 Å². The monoisotopic (exact) mass is 275 g/mol. The molecule has 0 bridgehead atoms. The van der Waals surface area contributed by atoms with Gasteiger partial charge in [0.25, 0.3) is 0 Å².